The Morgan fingerprint density at radius 2 is 1.63 bits per heavy atom. The molecule has 3 rings (SSSR count). The zero-order valence-electron chi connectivity index (χ0n) is 15.8. The van der Waals surface area contributed by atoms with Gasteiger partial charge < -0.3 is 14.4 Å². The molecule has 1 N–H and O–H groups in total. The molecule has 6 nitrogen and oxygen atoms in total. The van der Waals surface area contributed by atoms with E-state index in [2.05, 4.69) is 5.32 Å². The molecule has 0 aliphatic carbocycles. The molecule has 1 aliphatic heterocycles. The summed E-state index contributed by atoms with van der Waals surface area (Å²) in [5.41, 5.74) is 1.30. The Kier molecular flexibility index (Phi) is 5.35. The number of carbonyl (C=O) groups excluding carboxylic acids is 2. The third-order valence-corrected chi connectivity index (χ3v) is 4.12. The molecule has 2 aromatic rings. The maximum absolute atomic E-state index is 12.0. The minimum absolute atomic E-state index is 0.277. The number of hydrogen-bond donors (Lipinski definition) is 1. The van der Waals surface area contributed by atoms with Crippen molar-refractivity contribution in [2.24, 2.45) is 0 Å². The molecule has 0 radical (unpaired) electrons. The molecular weight excluding hydrogens is 344 g/mol. The van der Waals surface area contributed by atoms with Gasteiger partial charge in [-0.15, -0.1) is 0 Å². The Bertz CT molecular complexity index is 791. The predicted octanol–water partition coefficient (Wildman–Crippen LogP) is 4.63. The number of rotatable bonds is 3. The van der Waals surface area contributed by atoms with Crippen molar-refractivity contribution in [1.29, 1.82) is 0 Å². The lowest BCUT2D eigenvalue weighted by Gasteiger charge is -2.40. The maximum Gasteiger partial charge on any atom is 0.417 e. The van der Waals surface area contributed by atoms with E-state index in [0.717, 1.165) is 5.56 Å². The lowest BCUT2D eigenvalue weighted by molar-refractivity contribution is 0.00819. The SMILES string of the molecule is CC(C)(C)OC(=O)N1CC(c2ccc(NC(=O)Oc3ccccc3)cc2)C1. The molecule has 142 valence electrons. The number of ether oxygens (including phenoxy) is 2. The van der Waals surface area contributed by atoms with E-state index in [0.29, 0.717) is 24.5 Å². The highest BCUT2D eigenvalue weighted by molar-refractivity contribution is 5.86. The van der Waals surface area contributed by atoms with Crippen LogP contribution in [0.5, 0.6) is 5.75 Å². The first-order valence-corrected chi connectivity index (χ1v) is 8.92. The Morgan fingerprint density at radius 3 is 2.22 bits per heavy atom. The second-order valence-corrected chi connectivity index (χ2v) is 7.53. The number of anilines is 1. The van der Waals surface area contributed by atoms with Crippen LogP contribution in [-0.2, 0) is 4.74 Å². The van der Waals surface area contributed by atoms with E-state index in [9.17, 15) is 9.59 Å². The van der Waals surface area contributed by atoms with Gasteiger partial charge in [-0.3, -0.25) is 5.32 Å². The first kappa shape index (κ1) is 18.8. The van der Waals surface area contributed by atoms with Crippen LogP contribution in [0.1, 0.15) is 32.3 Å². The van der Waals surface area contributed by atoms with E-state index in [1.807, 2.05) is 51.1 Å². The van der Waals surface area contributed by atoms with E-state index >= 15 is 0 Å². The summed E-state index contributed by atoms with van der Waals surface area (Å²) in [6.45, 7) is 6.85. The fraction of sp³-hybridized carbons (Fsp3) is 0.333. The molecule has 0 bridgehead atoms. The average Bonchev–Trinajstić information content (AvgIpc) is 2.54. The molecule has 1 heterocycles. The van der Waals surface area contributed by atoms with Gasteiger partial charge in [0.1, 0.15) is 11.4 Å². The van der Waals surface area contributed by atoms with E-state index in [1.165, 1.54) is 0 Å². The standard InChI is InChI=1S/C21H24N2O4/c1-21(2,3)27-20(25)23-13-16(14-23)15-9-11-17(12-10-15)22-19(24)26-18-7-5-4-6-8-18/h4-12,16H,13-14H2,1-3H3,(H,22,24). The molecule has 0 aromatic heterocycles. The molecule has 1 aliphatic rings. The topological polar surface area (TPSA) is 67.9 Å². The summed E-state index contributed by atoms with van der Waals surface area (Å²) in [7, 11) is 0. The lowest BCUT2D eigenvalue weighted by Crippen LogP contribution is -2.50. The quantitative estimate of drug-likeness (QED) is 0.857. The van der Waals surface area contributed by atoms with Gasteiger partial charge in [0, 0.05) is 24.7 Å². The van der Waals surface area contributed by atoms with Crippen molar-refractivity contribution in [2.45, 2.75) is 32.3 Å². The van der Waals surface area contributed by atoms with Gasteiger partial charge >= 0.3 is 12.2 Å². The smallest absolute Gasteiger partial charge is 0.417 e. The third-order valence-electron chi connectivity index (χ3n) is 4.12. The minimum atomic E-state index is -0.534. The number of para-hydroxylation sites is 1. The number of nitrogens with zero attached hydrogens (tertiary/aromatic N) is 1. The summed E-state index contributed by atoms with van der Waals surface area (Å²) in [4.78, 5) is 25.6. The van der Waals surface area contributed by atoms with Gasteiger partial charge in [0.25, 0.3) is 0 Å². The Morgan fingerprint density at radius 1 is 1.00 bits per heavy atom. The van der Waals surface area contributed by atoms with Gasteiger partial charge in [-0.2, -0.15) is 0 Å². The Balaban J connectivity index is 1.48. The number of likely N-dealkylation sites (tertiary alicyclic amines) is 1. The van der Waals surface area contributed by atoms with Gasteiger partial charge in [0.2, 0.25) is 0 Å². The molecule has 2 amide bonds. The predicted molar refractivity (Wildman–Crippen MR) is 103 cm³/mol. The number of hydrogen-bond acceptors (Lipinski definition) is 4. The molecule has 1 saturated heterocycles. The summed E-state index contributed by atoms with van der Waals surface area (Å²) in [6.07, 6.45) is -0.811. The fourth-order valence-electron chi connectivity index (χ4n) is 2.74. The van der Waals surface area contributed by atoms with Crippen molar-refractivity contribution in [1.82, 2.24) is 4.90 Å². The second kappa shape index (κ2) is 7.70. The van der Waals surface area contributed by atoms with Crippen molar-refractivity contribution in [3.8, 4) is 5.75 Å². The monoisotopic (exact) mass is 368 g/mol. The molecule has 27 heavy (non-hydrogen) atoms. The maximum atomic E-state index is 12.0. The highest BCUT2D eigenvalue weighted by Crippen LogP contribution is 2.29. The molecular formula is C21H24N2O4. The van der Waals surface area contributed by atoms with Crippen LogP contribution in [0.4, 0.5) is 15.3 Å². The van der Waals surface area contributed by atoms with Crippen LogP contribution in [0.3, 0.4) is 0 Å². The third kappa shape index (κ3) is 5.23. The average molecular weight is 368 g/mol. The molecule has 0 spiro atoms. The van der Waals surface area contributed by atoms with Crippen LogP contribution in [0.2, 0.25) is 0 Å². The van der Waals surface area contributed by atoms with Gasteiger partial charge in [-0.05, 0) is 50.6 Å². The summed E-state index contributed by atoms with van der Waals surface area (Å²) >= 11 is 0. The molecule has 1 fully saturated rings. The van der Waals surface area contributed by atoms with E-state index < -0.39 is 11.7 Å². The van der Waals surface area contributed by atoms with Crippen molar-refractivity contribution in [3.05, 3.63) is 60.2 Å². The van der Waals surface area contributed by atoms with Crippen molar-refractivity contribution in [2.75, 3.05) is 18.4 Å². The first-order chi connectivity index (χ1) is 12.8. The summed E-state index contributed by atoms with van der Waals surface area (Å²) in [6, 6.07) is 16.5. The summed E-state index contributed by atoms with van der Waals surface area (Å²) < 4.78 is 10.6. The number of benzene rings is 2. The highest BCUT2D eigenvalue weighted by atomic mass is 16.6. The van der Waals surface area contributed by atoms with Gasteiger partial charge in [0.15, 0.2) is 0 Å². The molecule has 0 saturated carbocycles. The summed E-state index contributed by atoms with van der Waals surface area (Å²) in [5, 5.41) is 2.70. The largest absolute Gasteiger partial charge is 0.444 e. The van der Waals surface area contributed by atoms with Crippen LogP contribution in [0.15, 0.2) is 54.6 Å². The zero-order valence-corrected chi connectivity index (χ0v) is 15.8. The van der Waals surface area contributed by atoms with Crippen molar-refractivity contribution < 1.29 is 19.1 Å². The fourth-order valence-corrected chi connectivity index (χ4v) is 2.74. The van der Waals surface area contributed by atoms with E-state index in [4.69, 9.17) is 9.47 Å². The second-order valence-electron chi connectivity index (χ2n) is 7.53. The van der Waals surface area contributed by atoms with E-state index in [1.54, 1.807) is 29.2 Å². The zero-order chi connectivity index (χ0) is 19.4. The lowest BCUT2D eigenvalue weighted by atomic mass is 9.92. The van der Waals surface area contributed by atoms with Crippen LogP contribution in [-0.4, -0.2) is 35.8 Å². The van der Waals surface area contributed by atoms with Gasteiger partial charge in [-0.25, -0.2) is 9.59 Å². The summed E-state index contributed by atoms with van der Waals surface area (Å²) in [5.74, 6) is 0.770. The van der Waals surface area contributed by atoms with Gasteiger partial charge in [0.05, 0.1) is 0 Å². The van der Waals surface area contributed by atoms with Crippen molar-refractivity contribution >= 4 is 17.9 Å². The molecule has 0 unspecified atom stereocenters. The number of nitrogens with one attached hydrogen (secondary N) is 1. The van der Waals surface area contributed by atoms with Crippen LogP contribution in [0, 0.1) is 0 Å². The Labute approximate surface area is 159 Å². The first-order valence-electron chi connectivity index (χ1n) is 8.92. The van der Waals surface area contributed by atoms with Crippen molar-refractivity contribution in [3.63, 3.8) is 0 Å². The normalized spacial score (nSPS) is 14.3. The van der Waals surface area contributed by atoms with Crippen LogP contribution in [0.25, 0.3) is 0 Å². The highest BCUT2D eigenvalue weighted by Gasteiger charge is 2.34. The molecule has 2 aromatic carbocycles. The van der Waals surface area contributed by atoms with Crippen LogP contribution < -0.4 is 10.1 Å². The van der Waals surface area contributed by atoms with Crippen LogP contribution >= 0.6 is 0 Å². The van der Waals surface area contributed by atoms with E-state index in [-0.39, 0.29) is 12.0 Å². The number of carbonyl (C=O) groups is 2. The van der Waals surface area contributed by atoms with Gasteiger partial charge in [-0.1, -0.05) is 30.3 Å². The Hall–Kier alpha value is -3.02. The minimum Gasteiger partial charge on any atom is -0.444 e. The molecule has 6 heteroatoms. The molecule has 0 atom stereocenters. The number of amides is 2.